The minimum Gasteiger partial charge on any atom is -0.457 e. The molecule has 1 saturated heterocycles. The summed E-state index contributed by atoms with van der Waals surface area (Å²) in [6.45, 7) is 0.886. The SMILES string of the molecule is Cc1ccc(C(=O)COC(=O)[C@@H]2CC(=O)N(c3ccccc3F)C2)cc1[N+](=O)[O-]. The number of nitro benzene ring substituents is 1. The minimum absolute atomic E-state index is 0.0468. The number of amides is 1. The van der Waals surface area contributed by atoms with Crippen LogP contribution in [0.1, 0.15) is 22.3 Å². The molecular weight excluding hydrogens is 383 g/mol. The van der Waals surface area contributed by atoms with E-state index in [4.69, 9.17) is 4.74 Å². The lowest BCUT2D eigenvalue weighted by atomic mass is 10.1. The summed E-state index contributed by atoms with van der Waals surface area (Å²) in [4.78, 5) is 48.2. The smallest absolute Gasteiger partial charge is 0.311 e. The second-order valence-corrected chi connectivity index (χ2v) is 6.65. The van der Waals surface area contributed by atoms with Gasteiger partial charge in [-0.25, -0.2) is 4.39 Å². The number of carbonyl (C=O) groups is 3. The summed E-state index contributed by atoms with van der Waals surface area (Å²) < 4.78 is 18.9. The van der Waals surface area contributed by atoms with E-state index in [1.54, 1.807) is 13.0 Å². The van der Waals surface area contributed by atoms with Gasteiger partial charge in [0.1, 0.15) is 5.82 Å². The summed E-state index contributed by atoms with van der Waals surface area (Å²) in [5.74, 6) is -3.19. The number of nitro groups is 1. The zero-order valence-electron chi connectivity index (χ0n) is 15.5. The number of rotatable bonds is 6. The van der Waals surface area contributed by atoms with Crippen molar-refractivity contribution in [1.29, 1.82) is 0 Å². The number of hydrogen-bond donors (Lipinski definition) is 0. The van der Waals surface area contributed by atoms with E-state index in [0.29, 0.717) is 5.56 Å². The monoisotopic (exact) mass is 400 g/mol. The normalized spacial score (nSPS) is 16.0. The lowest BCUT2D eigenvalue weighted by Crippen LogP contribution is -2.27. The zero-order chi connectivity index (χ0) is 21.1. The van der Waals surface area contributed by atoms with Crippen LogP contribution in [-0.2, 0) is 14.3 Å². The molecule has 3 rings (SSSR count). The minimum atomic E-state index is -0.831. The first-order valence-electron chi connectivity index (χ1n) is 8.77. The highest BCUT2D eigenvalue weighted by Crippen LogP contribution is 2.28. The number of hydrogen-bond acceptors (Lipinski definition) is 6. The Morgan fingerprint density at radius 1 is 1.28 bits per heavy atom. The van der Waals surface area contributed by atoms with Crippen LogP contribution in [0.15, 0.2) is 42.5 Å². The molecule has 0 aliphatic carbocycles. The predicted octanol–water partition coefficient (Wildman–Crippen LogP) is 2.82. The fourth-order valence-corrected chi connectivity index (χ4v) is 3.09. The zero-order valence-corrected chi connectivity index (χ0v) is 15.5. The van der Waals surface area contributed by atoms with E-state index < -0.39 is 40.9 Å². The Bertz CT molecular complexity index is 1010. The Hall–Kier alpha value is -3.62. The lowest BCUT2D eigenvalue weighted by molar-refractivity contribution is -0.385. The van der Waals surface area contributed by atoms with Crippen molar-refractivity contribution in [3.63, 3.8) is 0 Å². The highest BCUT2D eigenvalue weighted by molar-refractivity contribution is 6.01. The molecule has 1 aliphatic rings. The quantitative estimate of drug-likeness (QED) is 0.319. The largest absolute Gasteiger partial charge is 0.457 e. The van der Waals surface area contributed by atoms with E-state index in [-0.39, 0.29) is 29.9 Å². The summed E-state index contributed by atoms with van der Waals surface area (Å²) in [6, 6.07) is 9.71. The number of para-hydroxylation sites is 1. The standard InChI is InChI=1S/C20H17FN2O6/c1-12-6-7-13(8-17(12)23(27)28)18(24)11-29-20(26)14-9-19(25)22(10-14)16-5-3-2-4-15(16)21/h2-8,14H,9-11H2,1H3/t14-/m1/s1. The van der Waals surface area contributed by atoms with Gasteiger partial charge >= 0.3 is 5.97 Å². The third kappa shape index (κ3) is 4.29. The van der Waals surface area contributed by atoms with Crippen molar-refractivity contribution < 1.29 is 28.4 Å². The first-order valence-corrected chi connectivity index (χ1v) is 8.77. The van der Waals surface area contributed by atoms with Crippen LogP contribution in [0.4, 0.5) is 15.8 Å². The van der Waals surface area contributed by atoms with Crippen molar-refractivity contribution in [3.05, 3.63) is 69.5 Å². The molecule has 0 N–H and O–H groups in total. The summed E-state index contributed by atoms with van der Waals surface area (Å²) in [5.41, 5.74) is 0.326. The maximum Gasteiger partial charge on any atom is 0.311 e. The average molecular weight is 400 g/mol. The molecule has 0 saturated carbocycles. The number of halogens is 1. The molecule has 9 heteroatoms. The van der Waals surface area contributed by atoms with Crippen LogP contribution in [-0.4, -0.2) is 35.7 Å². The molecule has 1 amide bonds. The fraction of sp³-hybridized carbons (Fsp3) is 0.250. The van der Waals surface area contributed by atoms with Crippen LogP contribution in [0.2, 0.25) is 0 Å². The molecule has 150 valence electrons. The van der Waals surface area contributed by atoms with Crippen LogP contribution in [0.3, 0.4) is 0 Å². The average Bonchev–Trinajstić information content (AvgIpc) is 3.08. The van der Waals surface area contributed by atoms with E-state index in [9.17, 15) is 28.9 Å². The summed E-state index contributed by atoms with van der Waals surface area (Å²) in [6.07, 6.45) is -0.155. The molecule has 2 aromatic carbocycles. The van der Waals surface area contributed by atoms with Gasteiger partial charge in [0.15, 0.2) is 6.61 Å². The number of ether oxygens (including phenoxy) is 1. The number of Topliss-reactive ketones (excluding diaryl/α,β-unsaturated/α-hetero) is 1. The number of benzene rings is 2. The first-order chi connectivity index (χ1) is 13.8. The van der Waals surface area contributed by atoms with Crippen LogP contribution in [0.5, 0.6) is 0 Å². The van der Waals surface area contributed by atoms with Crippen molar-refractivity contribution in [1.82, 2.24) is 0 Å². The molecule has 1 fully saturated rings. The number of ketones is 1. The molecule has 0 radical (unpaired) electrons. The maximum absolute atomic E-state index is 13.9. The summed E-state index contributed by atoms with van der Waals surface area (Å²) in [7, 11) is 0. The Labute approximate surface area is 165 Å². The second-order valence-electron chi connectivity index (χ2n) is 6.65. The van der Waals surface area contributed by atoms with Gasteiger partial charge in [0.25, 0.3) is 5.69 Å². The van der Waals surface area contributed by atoms with Crippen molar-refractivity contribution in [2.45, 2.75) is 13.3 Å². The van der Waals surface area contributed by atoms with Crippen LogP contribution >= 0.6 is 0 Å². The highest BCUT2D eigenvalue weighted by atomic mass is 19.1. The maximum atomic E-state index is 13.9. The number of anilines is 1. The predicted molar refractivity (Wildman–Crippen MR) is 100.0 cm³/mol. The van der Waals surface area contributed by atoms with E-state index >= 15 is 0 Å². The molecule has 0 spiro atoms. The van der Waals surface area contributed by atoms with Crippen molar-refractivity contribution in [2.24, 2.45) is 5.92 Å². The molecule has 1 aliphatic heterocycles. The fourth-order valence-electron chi connectivity index (χ4n) is 3.09. The third-order valence-electron chi connectivity index (χ3n) is 4.67. The Morgan fingerprint density at radius 2 is 2.00 bits per heavy atom. The van der Waals surface area contributed by atoms with Gasteiger partial charge in [-0.15, -0.1) is 0 Å². The Kier molecular flexibility index (Phi) is 5.67. The van der Waals surface area contributed by atoms with Crippen LogP contribution in [0, 0.1) is 28.8 Å². The molecule has 1 heterocycles. The van der Waals surface area contributed by atoms with Gasteiger partial charge in [-0.05, 0) is 19.1 Å². The van der Waals surface area contributed by atoms with E-state index in [0.717, 1.165) is 6.07 Å². The third-order valence-corrected chi connectivity index (χ3v) is 4.67. The number of nitrogens with zero attached hydrogens (tertiary/aromatic N) is 2. The first kappa shape index (κ1) is 20.1. The Morgan fingerprint density at radius 3 is 2.69 bits per heavy atom. The van der Waals surface area contributed by atoms with Gasteiger partial charge in [-0.1, -0.05) is 24.3 Å². The molecule has 0 unspecified atom stereocenters. The van der Waals surface area contributed by atoms with Gasteiger partial charge in [0, 0.05) is 30.2 Å². The molecule has 2 aromatic rings. The Balaban J connectivity index is 1.62. The van der Waals surface area contributed by atoms with Crippen LogP contribution < -0.4 is 4.90 Å². The lowest BCUT2D eigenvalue weighted by Gasteiger charge is -2.17. The van der Waals surface area contributed by atoms with Gasteiger partial charge < -0.3 is 9.64 Å². The molecular formula is C20H17FN2O6. The number of aryl methyl sites for hydroxylation is 1. The van der Waals surface area contributed by atoms with Crippen LogP contribution in [0.25, 0.3) is 0 Å². The van der Waals surface area contributed by atoms with Gasteiger partial charge in [0.05, 0.1) is 16.5 Å². The van der Waals surface area contributed by atoms with E-state index in [1.165, 1.54) is 35.2 Å². The van der Waals surface area contributed by atoms with E-state index in [1.807, 2.05) is 0 Å². The molecule has 0 aromatic heterocycles. The number of carbonyl (C=O) groups excluding carboxylic acids is 3. The molecule has 0 bridgehead atoms. The molecule has 8 nitrogen and oxygen atoms in total. The summed E-state index contributed by atoms with van der Waals surface area (Å²) in [5, 5.41) is 11.0. The molecule has 29 heavy (non-hydrogen) atoms. The van der Waals surface area contributed by atoms with E-state index in [2.05, 4.69) is 0 Å². The van der Waals surface area contributed by atoms with Crippen molar-refractivity contribution >= 4 is 29.0 Å². The van der Waals surface area contributed by atoms with Crippen molar-refractivity contribution in [3.8, 4) is 0 Å². The van der Waals surface area contributed by atoms with Gasteiger partial charge in [-0.2, -0.15) is 0 Å². The summed E-state index contributed by atoms with van der Waals surface area (Å²) >= 11 is 0. The second kappa shape index (κ2) is 8.17. The highest BCUT2D eigenvalue weighted by Gasteiger charge is 2.37. The topological polar surface area (TPSA) is 107 Å². The van der Waals surface area contributed by atoms with Crippen molar-refractivity contribution in [2.75, 3.05) is 18.1 Å². The van der Waals surface area contributed by atoms with Gasteiger partial charge in [0.2, 0.25) is 11.7 Å². The number of esters is 1. The van der Waals surface area contributed by atoms with Gasteiger partial charge in [-0.3, -0.25) is 24.5 Å². The molecule has 1 atom stereocenters.